The lowest BCUT2D eigenvalue weighted by Gasteiger charge is -2.31. The first-order chi connectivity index (χ1) is 11.7. The summed E-state index contributed by atoms with van der Waals surface area (Å²) < 4.78 is 0. The van der Waals surface area contributed by atoms with Gasteiger partial charge in [0.05, 0.1) is 0 Å². The van der Waals surface area contributed by atoms with E-state index in [9.17, 15) is 5.11 Å². The molecule has 24 heavy (non-hydrogen) atoms. The Labute approximate surface area is 146 Å². The molecule has 0 aromatic heterocycles. The Morgan fingerprint density at radius 3 is 2.33 bits per heavy atom. The van der Waals surface area contributed by atoms with Gasteiger partial charge in [-0.2, -0.15) is 0 Å². The fraction of sp³-hybridized carbons (Fsp3) is 0.435. The zero-order valence-electron chi connectivity index (χ0n) is 14.9. The van der Waals surface area contributed by atoms with E-state index in [4.69, 9.17) is 0 Å². The summed E-state index contributed by atoms with van der Waals surface area (Å²) in [5.41, 5.74) is 4.22. The molecule has 1 saturated carbocycles. The van der Waals surface area contributed by atoms with E-state index in [2.05, 4.69) is 68.4 Å². The molecule has 1 radical (unpaired) electrons. The van der Waals surface area contributed by atoms with Crippen molar-refractivity contribution in [3.05, 3.63) is 77.2 Å². The molecule has 1 nitrogen and oxygen atoms in total. The third kappa shape index (κ3) is 3.89. The SMILES string of the molecule is CCC(C)C(CO)[C](Cc1ccccc1)c1ccccc1C1CC1. The zero-order valence-corrected chi connectivity index (χ0v) is 14.9. The summed E-state index contributed by atoms with van der Waals surface area (Å²) in [7, 11) is 0. The fourth-order valence-electron chi connectivity index (χ4n) is 3.70. The summed E-state index contributed by atoms with van der Waals surface area (Å²) in [6.45, 7) is 4.72. The minimum Gasteiger partial charge on any atom is -0.396 e. The summed E-state index contributed by atoms with van der Waals surface area (Å²) in [5.74, 6) is 2.86. The van der Waals surface area contributed by atoms with Crippen molar-refractivity contribution in [1.82, 2.24) is 0 Å². The van der Waals surface area contributed by atoms with Crippen molar-refractivity contribution in [2.45, 2.75) is 45.4 Å². The highest BCUT2D eigenvalue weighted by Crippen LogP contribution is 2.45. The Bertz CT molecular complexity index is 629. The van der Waals surface area contributed by atoms with Crippen LogP contribution >= 0.6 is 0 Å². The molecule has 0 saturated heterocycles. The number of benzene rings is 2. The Hall–Kier alpha value is -1.60. The predicted molar refractivity (Wildman–Crippen MR) is 101 cm³/mol. The second-order valence-corrected chi connectivity index (χ2v) is 7.22. The first kappa shape index (κ1) is 17.2. The predicted octanol–water partition coefficient (Wildman–Crippen LogP) is 5.38. The van der Waals surface area contributed by atoms with Crippen LogP contribution in [0.5, 0.6) is 0 Å². The van der Waals surface area contributed by atoms with E-state index in [-0.39, 0.29) is 12.5 Å². The van der Waals surface area contributed by atoms with Crippen LogP contribution in [0.2, 0.25) is 0 Å². The number of aliphatic hydroxyl groups excluding tert-OH is 1. The van der Waals surface area contributed by atoms with Crippen LogP contribution in [0.3, 0.4) is 0 Å². The van der Waals surface area contributed by atoms with Gasteiger partial charge in [0.1, 0.15) is 0 Å². The second-order valence-electron chi connectivity index (χ2n) is 7.22. The van der Waals surface area contributed by atoms with Gasteiger partial charge in [-0.1, -0.05) is 74.9 Å². The normalized spacial score (nSPS) is 17.0. The van der Waals surface area contributed by atoms with Gasteiger partial charge < -0.3 is 5.11 Å². The average molecular weight is 321 g/mol. The monoisotopic (exact) mass is 321 g/mol. The van der Waals surface area contributed by atoms with Crippen LogP contribution in [0, 0.1) is 17.8 Å². The highest BCUT2D eigenvalue weighted by Gasteiger charge is 2.33. The Morgan fingerprint density at radius 2 is 1.71 bits per heavy atom. The highest BCUT2D eigenvalue weighted by atomic mass is 16.3. The van der Waals surface area contributed by atoms with Crippen molar-refractivity contribution in [1.29, 1.82) is 0 Å². The van der Waals surface area contributed by atoms with Crippen molar-refractivity contribution >= 4 is 0 Å². The summed E-state index contributed by atoms with van der Waals surface area (Å²) in [5, 5.41) is 10.2. The lowest BCUT2D eigenvalue weighted by atomic mass is 9.73. The average Bonchev–Trinajstić information content (AvgIpc) is 3.47. The molecule has 0 amide bonds. The Balaban J connectivity index is 1.98. The lowest BCUT2D eigenvalue weighted by molar-refractivity contribution is 0.189. The molecule has 127 valence electrons. The van der Waals surface area contributed by atoms with Crippen molar-refractivity contribution in [3.63, 3.8) is 0 Å². The smallest absolute Gasteiger partial charge is 0.0470 e. The maximum absolute atomic E-state index is 10.2. The van der Waals surface area contributed by atoms with E-state index < -0.39 is 0 Å². The standard InChI is InChI=1S/C23H29O/c1-3-17(2)23(16-24)22(15-18-9-5-4-6-10-18)21-12-8-7-11-20(21)19-13-14-19/h4-12,17,19,23-24H,3,13-16H2,1-2H3. The second kappa shape index (κ2) is 7.98. The van der Waals surface area contributed by atoms with Gasteiger partial charge in [-0.05, 0) is 53.7 Å². The molecular formula is C23H29O. The lowest BCUT2D eigenvalue weighted by Crippen LogP contribution is -2.27. The van der Waals surface area contributed by atoms with E-state index in [1.165, 1.54) is 35.4 Å². The minimum atomic E-state index is 0.232. The van der Waals surface area contributed by atoms with Gasteiger partial charge in [-0.15, -0.1) is 0 Å². The van der Waals surface area contributed by atoms with Crippen molar-refractivity contribution in [2.24, 2.45) is 11.8 Å². The molecule has 2 aromatic carbocycles. The molecule has 1 aliphatic carbocycles. The summed E-state index contributed by atoms with van der Waals surface area (Å²) in [6, 6.07) is 19.6. The first-order valence-corrected chi connectivity index (χ1v) is 9.34. The van der Waals surface area contributed by atoms with Crippen LogP contribution < -0.4 is 0 Å². The van der Waals surface area contributed by atoms with Crippen LogP contribution in [0.15, 0.2) is 54.6 Å². The van der Waals surface area contributed by atoms with Gasteiger partial charge in [-0.25, -0.2) is 0 Å². The summed E-state index contributed by atoms with van der Waals surface area (Å²) in [4.78, 5) is 0. The number of aliphatic hydroxyl groups is 1. The van der Waals surface area contributed by atoms with Crippen LogP contribution in [0.1, 0.15) is 55.7 Å². The highest BCUT2D eigenvalue weighted by molar-refractivity contribution is 5.45. The van der Waals surface area contributed by atoms with Gasteiger partial charge in [0.2, 0.25) is 0 Å². The van der Waals surface area contributed by atoms with Crippen LogP contribution in [0.25, 0.3) is 0 Å². The molecule has 3 rings (SSSR count). The van der Waals surface area contributed by atoms with Crippen molar-refractivity contribution in [3.8, 4) is 0 Å². The Kier molecular flexibility index (Phi) is 5.73. The molecule has 1 N–H and O–H groups in total. The third-order valence-corrected chi connectivity index (χ3v) is 5.54. The number of hydrogen-bond donors (Lipinski definition) is 1. The quantitative estimate of drug-likeness (QED) is 0.691. The van der Waals surface area contributed by atoms with Gasteiger partial charge in [-0.3, -0.25) is 0 Å². The minimum absolute atomic E-state index is 0.232. The van der Waals surface area contributed by atoms with Crippen molar-refractivity contribution in [2.75, 3.05) is 6.61 Å². The molecule has 1 heteroatoms. The van der Waals surface area contributed by atoms with E-state index >= 15 is 0 Å². The van der Waals surface area contributed by atoms with E-state index in [1.54, 1.807) is 0 Å². The maximum atomic E-state index is 10.2. The maximum Gasteiger partial charge on any atom is 0.0470 e. The first-order valence-electron chi connectivity index (χ1n) is 9.34. The summed E-state index contributed by atoms with van der Waals surface area (Å²) in [6.07, 6.45) is 4.64. The third-order valence-electron chi connectivity index (χ3n) is 5.54. The number of hydrogen-bond acceptors (Lipinski definition) is 1. The summed E-state index contributed by atoms with van der Waals surface area (Å²) >= 11 is 0. The van der Waals surface area contributed by atoms with Crippen molar-refractivity contribution < 1.29 is 5.11 Å². The topological polar surface area (TPSA) is 20.2 Å². The molecule has 1 fully saturated rings. The van der Waals surface area contributed by atoms with E-state index in [1.807, 2.05) is 0 Å². The Morgan fingerprint density at radius 1 is 1.04 bits per heavy atom. The van der Waals surface area contributed by atoms with E-state index in [0.29, 0.717) is 5.92 Å². The van der Waals surface area contributed by atoms with Crippen LogP contribution in [-0.4, -0.2) is 11.7 Å². The fourth-order valence-corrected chi connectivity index (χ4v) is 3.70. The molecule has 1 aliphatic rings. The largest absolute Gasteiger partial charge is 0.396 e. The van der Waals surface area contributed by atoms with Gasteiger partial charge in [0.15, 0.2) is 0 Å². The van der Waals surface area contributed by atoms with Gasteiger partial charge >= 0.3 is 0 Å². The molecule has 0 heterocycles. The van der Waals surface area contributed by atoms with Gasteiger partial charge in [0, 0.05) is 12.5 Å². The zero-order chi connectivity index (χ0) is 16.9. The van der Waals surface area contributed by atoms with Gasteiger partial charge in [0.25, 0.3) is 0 Å². The van der Waals surface area contributed by atoms with E-state index in [0.717, 1.165) is 18.8 Å². The molecule has 0 aliphatic heterocycles. The number of rotatable bonds is 8. The molecule has 0 bridgehead atoms. The molecule has 2 unspecified atom stereocenters. The van der Waals surface area contributed by atoms with Crippen LogP contribution in [0.4, 0.5) is 0 Å². The molecule has 0 spiro atoms. The van der Waals surface area contributed by atoms with Crippen LogP contribution in [-0.2, 0) is 6.42 Å². The molecule has 2 atom stereocenters. The molecule has 2 aromatic rings. The molecular weight excluding hydrogens is 292 g/mol.